The summed E-state index contributed by atoms with van der Waals surface area (Å²) in [4.78, 5) is 8.23. The highest BCUT2D eigenvalue weighted by atomic mass is 31.2. The number of hydrogen-bond donors (Lipinski definition) is 3. The fraction of sp³-hybridized carbons (Fsp3) is 0.520. The maximum atomic E-state index is 14.1. The van der Waals surface area contributed by atoms with Crippen LogP contribution < -0.4 is 5.73 Å². The molecule has 4 heterocycles. The summed E-state index contributed by atoms with van der Waals surface area (Å²) in [5.41, 5.74) is 4.74. The lowest BCUT2D eigenvalue weighted by molar-refractivity contribution is -0.163. The van der Waals surface area contributed by atoms with Crippen molar-refractivity contribution < 1.29 is 33.1 Å². The van der Waals surface area contributed by atoms with Gasteiger partial charge in [-0.3, -0.25) is 13.6 Å². The van der Waals surface area contributed by atoms with Crippen molar-refractivity contribution >= 4 is 24.7 Å². The van der Waals surface area contributed by atoms with Gasteiger partial charge in [0.05, 0.1) is 17.1 Å². The molecule has 1 saturated carbocycles. The smallest absolute Gasteiger partial charge is 0.385 e. The standard InChI is InChI=1S/C25H31N4O7P/c1-24(31)19(30)22(33-23(24)29-13-10-17-20(26)27-15-28-21(17)29)35-37(32)34-18(16-8-4-2-5-9-16)14-25(36-37)11-6-3-7-12-25/h2,4-5,8-10,13,15,18-19,22-23,30-31H,3,6-7,11-12,14H2,1H3,(H2,26,27,28)/t18-,19+,22?,23+,24+,37-/m0/s1. The topological polar surface area (TPSA) is 151 Å². The number of rotatable bonds is 4. The van der Waals surface area contributed by atoms with E-state index in [9.17, 15) is 14.8 Å². The van der Waals surface area contributed by atoms with Crippen molar-refractivity contribution in [2.24, 2.45) is 0 Å². The Labute approximate surface area is 214 Å². The monoisotopic (exact) mass is 530 g/mol. The van der Waals surface area contributed by atoms with Crippen LogP contribution in [0.5, 0.6) is 0 Å². The largest absolute Gasteiger partial charge is 0.478 e. The fourth-order valence-electron chi connectivity index (χ4n) is 5.71. The second kappa shape index (κ2) is 9.13. The molecule has 2 aliphatic heterocycles. The minimum absolute atomic E-state index is 0.271. The summed E-state index contributed by atoms with van der Waals surface area (Å²) in [5.74, 6) is 0.271. The first-order chi connectivity index (χ1) is 17.7. The van der Waals surface area contributed by atoms with Crippen LogP contribution >= 0.6 is 7.82 Å². The van der Waals surface area contributed by atoms with Crippen LogP contribution in [-0.4, -0.2) is 48.3 Å². The maximum Gasteiger partial charge on any atom is 0.478 e. The molecule has 1 unspecified atom stereocenters. The molecule has 11 nitrogen and oxygen atoms in total. The van der Waals surface area contributed by atoms with Crippen molar-refractivity contribution in [3.63, 3.8) is 0 Å². The van der Waals surface area contributed by atoms with E-state index in [1.54, 1.807) is 12.3 Å². The van der Waals surface area contributed by atoms with Crippen molar-refractivity contribution in [1.82, 2.24) is 14.5 Å². The van der Waals surface area contributed by atoms with E-state index in [0.717, 1.165) is 37.7 Å². The number of aromatic nitrogens is 3. The van der Waals surface area contributed by atoms with Gasteiger partial charge >= 0.3 is 7.82 Å². The van der Waals surface area contributed by atoms with Crippen molar-refractivity contribution in [2.75, 3.05) is 5.73 Å². The summed E-state index contributed by atoms with van der Waals surface area (Å²) in [6.45, 7) is 1.41. The molecule has 2 aromatic heterocycles. The molecule has 198 valence electrons. The molecule has 6 atom stereocenters. The zero-order valence-electron chi connectivity index (χ0n) is 20.5. The molecule has 1 aliphatic carbocycles. The Balaban J connectivity index is 1.30. The molecule has 37 heavy (non-hydrogen) atoms. The Morgan fingerprint density at radius 2 is 1.92 bits per heavy atom. The van der Waals surface area contributed by atoms with Gasteiger partial charge in [-0.2, -0.15) is 0 Å². The van der Waals surface area contributed by atoms with Crippen LogP contribution in [0.1, 0.15) is 63.3 Å². The molecular formula is C25H31N4O7P. The molecule has 4 N–H and O–H groups in total. The number of fused-ring (bicyclic) bond motifs is 1. The quantitative estimate of drug-likeness (QED) is 0.422. The van der Waals surface area contributed by atoms with Gasteiger partial charge in [0.15, 0.2) is 6.23 Å². The second-order valence-corrected chi connectivity index (χ2v) is 11.8. The number of aliphatic hydroxyl groups is 2. The van der Waals surface area contributed by atoms with Gasteiger partial charge in [-0.15, -0.1) is 0 Å². The van der Waals surface area contributed by atoms with E-state index in [2.05, 4.69) is 9.97 Å². The summed E-state index contributed by atoms with van der Waals surface area (Å²) < 4.78 is 39.5. The molecule has 0 bridgehead atoms. The molecule has 3 fully saturated rings. The van der Waals surface area contributed by atoms with Crippen molar-refractivity contribution in [3.05, 3.63) is 54.5 Å². The predicted octanol–water partition coefficient (Wildman–Crippen LogP) is 3.99. The zero-order valence-corrected chi connectivity index (χ0v) is 21.4. The van der Waals surface area contributed by atoms with E-state index >= 15 is 0 Å². The first-order valence-corrected chi connectivity index (χ1v) is 14.0. The van der Waals surface area contributed by atoms with Crippen LogP contribution in [0.25, 0.3) is 11.0 Å². The molecule has 2 saturated heterocycles. The van der Waals surface area contributed by atoms with Crippen LogP contribution in [0.4, 0.5) is 5.82 Å². The molecule has 3 aliphatic rings. The molecule has 1 aromatic carbocycles. The first-order valence-electron chi connectivity index (χ1n) is 12.6. The number of hydrogen-bond acceptors (Lipinski definition) is 10. The average Bonchev–Trinajstić information content (AvgIpc) is 3.39. The Bertz CT molecular complexity index is 1330. The van der Waals surface area contributed by atoms with Gasteiger partial charge in [0, 0.05) is 12.6 Å². The third-order valence-corrected chi connectivity index (χ3v) is 9.29. The Morgan fingerprint density at radius 3 is 2.68 bits per heavy atom. The van der Waals surface area contributed by atoms with Gasteiger partial charge in [0.1, 0.15) is 29.5 Å². The molecule has 0 amide bonds. The highest BCUT2D eigenvalue weighted by molar-refractivity contribution is 7.48. The summed E-state index contributed by atoms with van der Waals surface area (Å²) in [7, 11) is -4.22. The maximum absolute atomic E-state index is 14.1. The van der Waals surface area contributed by atoms with Gasteiger partial charge in [0.25, 0.3) is 0 Å². The number of phosphoric acid groups is 1. The molecule has 0 radical (unpaired) electrons. The summed E-state index contributed by atoms with van der Waals surface area (Å²) in [6, 6.07) is 11.2. The zero-order chi connectivity index (χ0) is 25.8. The SMILES string of the molecule is C[C@@]1(O)[C@H](O)C(O[P@]2(=O)O[C@H](c3ccccc3)CC3(CCCCC3)O2)O[C@H]1n1ccc2c(N)ncnc21. The van der Waals surface area contributed by atoms with Crippen LogP contribution in [0.2, 0.25) is 0 Å². The average molecular weight is 531 g/mol. The minimum atomic E-state index is -4.22. The molecule has 1 spiro atoms. The van der Waals surface area contributed by atoms with Gasteiger partial charge in [-0.05, 0) is 31.4 Å². The van der Waals surface area contributed by atoms with Gasteiger partial charge in [0.2, 0.25) is 6.29 Å². The highest BCUT2D eigenvalue weighted by Crippen LogP contribution is 2.65. The van der Waals surface area contributed by atoms with Crippen LogP contribution in [0.3, 0.4) is 0 Å². The number of aliphatic hydroxyl groups excluding tert-OH is 1. The predicted molar refractivity (Wildman–Crippen MR) is 133 cm³/mol. The normalized spacial score (nSPS) is 35.8. The Hall–Kier alpha value is -2.37. The number of nitrogens with zero attached hydrogens (tertiary/aromatic N) is 3. The van der Waals surface area contributed by atoms with Crippen molar-refractivity contribution in [2.45, 2.75) is 81.4 Å². The lowest BCUT2D eigenvalue weighted by atomic mass is 9.80. The van der Waals surface area contributed by atoms with E-state index in [-0.39, 0.29) is 5.82 Å². The molecule has 3 aromatic rings. The van der Waals surface area contributed by atoms with Crippen molar-refractivity contribution in [3.8, 4) is 0 Å². The number of phosphoric ester groups is 1. The van der Waals surface area contributed by atoms with E-state index in [1.165, 1.54) is 17.8 Å². The molecule has 12 heteroatoms. The first kappa shape index (κ1) is 24.9. The minimum Gasteiger partial charge on any atom is -0.385 e. The Kier molecular flexibility index (Phi) is 6.15. The number of benzene rings is 1. The fourth-order valence-corrected chi connectivity index (χ4v) is 7.50. The third kappa shape index (κ3) is 4.38. The second-order valence-electron chi connectivity index (χ2n) is 10.3. The van der Waals surface area contributed by atoms with Crippen molar-refractivity contribution in [1.29, 1.82) is 0 Å². The van der Waals surface area contributed by atoms with Gasteiger partial charge in [-0.1, -0.05) is 49.6 Å². The van der Waals surface area contributed by atoms with E-state index < -0.39 is 43.8 Å². The van der Waals surface area contributed by atoms with E-state index in [1.807, 2.05) is 30.3 Å². The highest BCUT2D eigenvalue weighted by Gasteiger charge is 2.58. The van der Waals surface area contributed by atoms with E-state index in [4.69, 9.17) is 24.0 Å². The van der Waals surface area contributed by atoms with Crippen LogP contribution in [0, 0.1) is 0 Å². The third-order valence-electron chi connectivity index (χ3n) is 7.70. The molecule has 6 rings (SSSR count). The summed E-state index contributed by atoms with van der Waals surface area (Å²) in [6.07, 6.45) is 3.25. The Morgan fingerprint density at radius 1 is 1.16 bits per heavy atom. The number of nitrogen functional groups attached to an aromatic ring is 1. The van der Waals surface area contributed by atoms with E-state index in [0.29, 0.717) is 17.5 Å². The number of nitrogens with two attached hydrogens (primary N) is 1. The lowest BCUT2D eigenvalue weighted by Gasteiger charge is -2.45. The molecular weight excluding hydrogens is 499 g/mol. The number of ether oxygens (including phenoxy) is 1. The van der Waals surface area contributed by atoms with Gasteiger partial charge < -0.3 is 25.3 Å². The summed E-state index contributed by atoms with van der Waals surface area (Å²) in [5, 5.41) is 22.9. The number of anilines is 1. The lowest BCUT2D eigenvalue weighted by Crippen LogP contribution is -2.44. The van der Waals surface area contributed by atoms with Crippen LogP contribution in [-0.2, 0) is 22.9 Å². The van der Waals surface area contributed by atoms with Crippen LogP contribution in [0.15, 0.2) is 48.9 Å². The summed E-state index contributed by atoms with van der Waals surface area (Å²) >= 11 is 0. The van der Waals surface area contributed by atoms with Gasteiger partial charge in [-0.25, -0.2) is 14.5 Å².